The fourth-order valence-electron chi connectivity index (χ4n) is 3.16. The lowest BCUT2D eigenvalue weighted by molar-refractivity contribution is -0.133. The minimum atomic E-state index is -0.350. The molecule has 1 N–H and O–H groups in total. The van der Waals surface area contributed by atoms with Gasteiger partial charge in [0.1, 0.15) is 6.54 Å². The van der Waals surface area contributed by atoms with E-state index < -0.39 is 0 Å². The Bertz CT molecular complexity index is 808. The maximum Gasteiger partial charge on any atom is 0.318 e. The number of nitrogens with zero attached hydrogens (tertiary/aromatic N) is 3. The van der Waals surface area contributed by atoms with Crippen LogP contribution in [0.25, 0.3) is 0 Å². The lowest BCUT2D eigenvalue weighted by Gasteiger charge is -2.30. The third-order valence-corrected chi connectivity index (χ3v) is 4.85. The van der Waals surface area contributed by atoms with Gasteiger partial charge in [-0.05, 0) is 44.9 Å². The van der Waals surface area contributed by atoms with Gasteiger partial charge in [0.2, 0.25) is 5.91 Å². The fourth-order valence-corrected chi connectivity index (χ4v) is 3.16. The van der Waals surface area contributed by atoms with E-state index in [4.69, 9.17) is 0 Å². The molecule has 0 aliphatic rings. The number of amides is 3. The fraction of sp³-hybridized carbons (Fsp3) is 0.500. The zero-order chi connectivity index (χ0) is 22.1. The highest BCUT2D eigenvalue weighted by molar-refractivity contribution is 5.84. The third-order valence-electron chi connectivity index (χ3n) is 4.85. The molecule has 30 heavy (non-hydrogen) atoms. The molecule has 0 fully saturated rings. The molecule has 3 amide bonds. The molecule has 164 valence electrons. The molecule has 0 aliphatic heterocycles. The molecule has 0 spiro atoms. The van der Waals surface area contributed by atoms with Crippen molar-refractivity contribution in [3.63, 3.8) is 0 Å². The van der Waals surface area contributed by atoms with Crippen molar-refractivity contribution in [3.8, 4) is 0 Å². The number of aryl methyl sites for hydroxylation is 1. The van der Waals surface area contributed by atoms with Gasteiger partial charge in [0.05, 0.1) is 6.54 Å². The summed E-state index contributed by atoms with van der Waals surface area (Å²) < 4.78 is 2.02. The molecule has 0 atom stereocenters. The van der Waals surface area contributed by atoms with E-state index in [2.05, 4.69) is 12.2 Å². The smallest absolute Gasteiger partial charge is 0.318 e. The van der Waals surface area contributed by atoms with Crippen LogP contribution in [-0.4, -0.2) is 44.9 Å². The monoisotopic (exact) mass is 412 g/mol. The zero-order valence-corrected chi connectivity index (χ0v) is 19.0. The van der Waals surface area contributed by atoms with Gasteiger partial charge in [-0.3, -0.25) is 4.79 Å². The zero-order valence-electron chi connectivity index (χ0n) is 19.0. The van der Waals surface area contributed by atoms with Crippen LogP contribution in [0.1, 0.15) is 51.8 Å². The maximum atomic E-state index is 13.3. The van der Waals surface area contributed by atoms with Crippen molar-refractivity contribution in [2.24, 2.45) is 7.05 Å². The molecule has 1 aromatic carbocycles. The Morgan fingerprint density at radius 1 is 1.00 bits per heavy atom. The SMILES string of the molecule is CCCCN(CC(=O)N(Cc1ccccc1)Cc1cccn1C)C(=O)NC(C)(C)C. The van der Waals surface area contributed by atoms with Gasteiger partial charge in [0.15, 0.2) is 0 Å². The van der Waals surface area contributed by atoms with E-state index in [1.807, 2.05) is 85.9 Å². The number of carbonyl (C=O) groups is 2. The van der Waals surface area contributed by atoms with Gasteiger partial charge in [0, 0.05) is 37.6 Å². The second-order valence-corrected chi connectivity index (χ2v) is 8.80. The van der Waals surface area contributed by atoms with E-state index in [0.717, 1.165) is 24.1 Å². The van der Waals surface area contributed by atoms with Crippen LogP contribution >= 0.6 is 0 Å². The highest BCUT2D eigenvalue weighted by atomic mass is 16.2. The maximum absolute atomic E-state index is 13.3. The first-order chi connectivity index (χ1) is 14.2. The molecule has 0 aliphatic carbocycles. The van der Waals surface area contributed by atoms with Crippen molar-refractivity contribution in [2.45, 2.75) is 59.2 Å². The van der Waals surface area contributed by atoms with Crippen LogP contribution in [0.2, 0.25) is 0 Å². The van der Waals surface area contributed by atoms with Crippen LogP contribution < -0.4 is 5.32 Å². The molecular weight excluding hydrogens is 376 g/mol. The first-order valence-electron chi connectivity index (χ1n) is 10.7. The average molecular weight is 413 g/mol. The number of rotatable bonds is 9. The van der Waals surface area contributed by atoms with Gasteiger partial charge < -0.3 is 19.7 Å². The number of hydrogen-bond acceptors (Lipinski definition) is 2. The van der Waals surface area contributed by atoms with Crippen molar-refractivity contribution >= 4 is 11.9 Å². The minimum Gasteiger partial charge on any atom is -0.353 e. The van der Waals surface area contributed by atoms with Crippen LogP contribution in [0.5, 0.6) is 0 Å². The Kier molecular flexibility index (Phi) is 8.51. The summed E-state index contributed by atoms with van der Waals surface area (Å²) in [5, 5.41) is 2.99. The summed E-state index contributed by atoms with van der Waals surface area (Å²) in [5.74, 6) is -0.0554. The predicted octanol–water partition coefficient (Wildman–Crippen LogP) is 4.16. The molecule has 0 bridgehead atoms. The molecule has 0 saturated carbocycles. The first kappa shape index (κ1) is 23.5. The highest BCUT2D eigenvalue weighted by Gasteiger charge is 2.24. The van der Waals surface area contributed by atoms with E-state index in [-0.39, 0.29) is 24.0 Å². The van der Waals surface area contributed by atoms with Gasteiger partial charge in [-0.1, -0.05) is 43.7 Å². The summed E-state index contributed by atoms with van der Waals surface area (Å²) in [4.78, 5) is 29.6. The second-order valence-electron chi connectivity index (χ2n) is 8.80. The Labute approximate surface area is 180 Å². The Morgan fingerprint density at radius 2 is 1.70 bits per heavy atom. The van der Waals surface area contributed by atoms with E-state index >= 15 is 0 Å². The molecule has 6 nitrogen and oxygen atoms in total. The van der Waals surface area contributed by atoms with Crippen molar-refractivity contribution in [1.82, 2.24) is 19.7 Å². The van der Waals surface area contributed by atoms with Crippen molar-refractivity contribution in [1.29, 1.82) is 0 Å². The van der Waals surface area contributed by atoms with Gasteiger partial charge in [0.25, 0.3) is 0 Å². The summed E-state index contributed by atoms with van der Waals surface area (Å²) in [7, 11) is 1.98. The quantitative estimate of drug-likeness (QED) is 0.672. The van der Waals surface area contributed by atoms with E-state index in [9.17, 15) is 9.59 Å². The molecule has 0 unspecified atom stereocenters. The molecule has 0 radical (unpaired) electrons. The Morgan fingerprint density at radius 3 is 2.27 bits per heavy atom. The van der Waals surface area contributed by atoms with Crippen molar-refractivity contribution in [2.75, 3.05) is 13.1 Å². The number of benzene rings is 1. The highest BCUT2D eigenvalue weighted by Crippen LogP contribution is 2.12. The minimum absolute atomic E-state index is 0.0554. The summed E-state index contributed by atoms with van der Waals surface area (Å²) >= 11 is 0. The Balaban J connectivity index is 2.18. The van der Waals surface area contributed by atoms with Crippen LogP contribution in [0.3, 0.4) is 0 Å². The summed E-state index contributed by atoms with van der Waals surface area (Å²) in [6, 6.07) is 13.8. The first-order valence-corrected chi connectivity index (χ1v) is 10.7. The second kappa shape index (κ2) is 10.9. The molecule has 2 rings (SSSR count). The number of nitrogens with one attached hydrogen (secondary N) is 1. The topological polar surface area (TPSA) is 57.6 Å². The standard InChI is InChI=1S/C24H36N4O2/c1-6-7-16-27(23(30)25-24(2,3)4)19-22(29)28(17-20-12-9-8-10-13-20)18-21-14-11-15-26(21)5/h8-15H,6-7,16-19H2,1-5H3,(H,25,30). The summed E-state index contributed by atoms with van der Waals surface area (Å²) in [5.41, 5.74) is 1.77. The van der Waals surface area contributed by atoms with Gasteiger partial charge in [-0.15, -0.1) is 0 Å². The van der Waals surface area contributed by atoms with Crippen molar-refractivity contribution < 1.29 is 9.59 Å². The van der Waals surface area contributed by atoms with Gasteiger partial charge in [-0.2, -0.15) is 0 Å². The number of carbonyl (C=O) groups excluding carboxylic acids is 2. The predicted molar refractivity (Wildman–Crippen MR) is 121 cm³/mol. The largest absolute Gasteiger partial charge is 0.353 e. The summed E-state index contributed by atoms with van der Waals surface area (Å²) in [6.45, 7) is 9.56. The third kappa shape index (κ3) is 7.58. The molecule has 2 aromatic rings. The number of unbranched alkanes of at least 4 members (excludes halogenated alkanes) is 1. The van der Waals surface area contributed by atoms with E-state index in [1.54, 1.807) is 4.90 Å². The van der Waals surface area contributed by atoms with Crippen LogP contribution in [0.15, 0.2) is 48.7 Å². The molecular formula is C24H36N4O2. The van der Waals surface area contributed by atoms with Gasteiger partial charge in [-0.25, -0.2) is 4.79 Å². The molecule has 1 aromatic heterocycles. The van der Waals surface area contributed by atoms with E-state index in [1.165, 1.54) is 0 Å². The molecule has 0 saturated heterocycles. The Hall–Kier alpha value is -2.76. The number of hydrogen-bond donors (Lipinski definition) is 1. The number of urea groups is 1. The lowest BCUT2D eigenvalue weighted by atomic mass is 10.1. The average Bonchev–Trinajstić information content (AvgIpc) is 3.08. The number of aromatic nitrogens is 1. The normalized spacial score (nSPS) is 11.2. The van der Waals surface area contributed by atoms with Crippen LogP contribution in [-0.2, 0) is 24.9 Å². The molecule has 1 heterocycles. The lowest BCUT2D eigenvalue weighted by Crippen LogP contribution is -2.51. The molecule has 6 heteroatoms. The summed E-state index contributed by atoms with van der Waals surface area (Å²) in [6.07, 6.45) is 3.80. The van der Waals surface area contributed by atoms with Gasteiger partial charge >= 0.3 is 6.03 Å². The van der Waals surface area contributed by atoms with Crippen molar-refractivity contribution in [3.05, 3.63) is 59.9 Å². The van der Waals surface area contributed by atoms with Crippen LogP contribution in [0.4, 0.5) is 4.79 Å². The van der Waals surface area contributed by atoms with Crippen LogP contribution in [0, 0.1) is 0 Å². The van der Waals surface area contributed by atoms with E-state index in [0.29, 0.717) is 19.6 Å².